The summed E-state index contributed by atoms with van der Waals surface area (Å²) in [5.74, 6) is 0.160. The lowest BCUT2D eigenvalue weighted by Crippen LogP contribution is -2.43. The Balaban J connectivity index is 1.52. The number of anilines is 1. The van der Waals surface area contributed by atoms with Gasteiger partial charge in [-0.15, -0.1) is 0 Å². The standard InChI is InChI=1S/C24H26F3N7O2/c1-12(14-3-5-17(6-4-14)33-22(36)13(2)35)32-23-31-9-15(8-28)20(34-23)19-11-30-21-18(19)7-16(10-29-21)24(25,26)27/h7,9-14,17,35H,3-6H2,1-2H3,(H,29,30)(H,33,36)(H,31,32,34)/t12-,13-,14?,17?/m1/s1. The van der Waals surface area contributed by atoms with Crippen molar-refractivity contribution >= 4 is 22.9 Å². The molecule has 2 atom stereocenters. The number of carbonyl (C=O) groups excluding carboxylic acids is 1. The molecule has 12 heteroatoms. The van der Waals surface area contributed by atoms with Crippen LogP contribution < -0.4 is 10.6 Å². The number of fused-ring (bicyclic) bond motifs is 1. The Morgan fingerprint density at radius 2 is 1.94 bits per heavy atom. The molecule has 0 unspecified atom stereocenters. The molecule has 1 aliphatic rings. The molecule has 0 aromatic carbocycles. The van der Waals surface area contributed by atoms with Crippen molar-refractivity contribution in [2.75, 3.05) is 5.32 Å². The molecule has 3 aromatic rings. The van der Waals surface area contributed by atoms with E-state index < -0.39 is 17.8 Å². The third kappa shape index (κ3) is 5.41. The Bertz CT molecular complexity index is 1290. The van der Waals surface area contributed by atoms with Crippen LogP contribution in [0.2, 0.25) is 0 Å². The van der Waals surface area contributed by atoms with Gasteiger partial charge in [-0.25, -0.2) is 15.0 Å². The Morgan fingerprint density at radius 3 is 2.58 bits per heavy atom. The number of aliphatic hydroxyl groups is 1. The number of pyridine rings is 1. The number of carbonyl (C=O) groups is 1. The van der Waals surface area contributed by atoms with E-state index in [1.807, 2.05) is 13.0 Å². The maximum absolute atomic E-state index is 13.2. The summed E-state index contributed by atoms with van der Waals surface area (Å²) in [4.78, 5) is 27.1. The van der Waals surface area contributed by atoms with Crippen LogP contribution in [0, 0.1) is 17.2 Å². The normalized spacial score (nSPS) is 19.9. The minimum Gasteiger partial charge on any atom is -0.384 e. The first-order valence-electron chi connectivity index (χ1n) is 11.6. The lowest BCUT2D eigenvalue weighted by molar-refractivity contribution is -0.137. The molecule has 0 saturated heterocycles. The van der Waals surface area contributed by atoms with E-state index in [9.17, 15) is 28.3 Å². The van der Waals surface area contributed by atoms with Gasteiger partial charge in [-0.2, -0.15) is 18.4 Å². The minimum atomic E-state index is -4.56. The summed E-state index contributed by atoms with van der Waals surface area (Å²) in [6.07, 6.45) is 1.23. The highest BCUT2D eigenvalue weighted by atomic mass is 19.4. The van der Waals surface area contributed by atoms with E-state index in [0.717, 1.165) is 37.9 Å². The highest BCUT2D eigenvalue weighted by Gasteiger charge is 2.32. The largest absolute Gasteiger partial charge is 0.417 e. The average molecular weight is 502 g/mol. The zero-order valence-corrected chi connectivity index (χ0v) is 19.7. The van der Waals surface area contributed by atoms with E-state index >= 15 is 0 Å². The topological polar surface area (TPSA) is 140 Å². The molecule has 9 nitrogen and oxygen atoms in total. The summed E-state index contributed by atoms with van der Waals surface area (Å²) in [6.45, 7) is 3.42. The number of aromatic nitrogens is 4. The number of nitrogens with zero attached hydrogens (tertiary/aromatic N) is 4. The highest BCUT2D eigenvalue weighted by Crippen LogP contribution is 2.35. The third-order valence-electron chi connectivity index (χ3n) is 6.58. The summed E-state index contributed by atoms with van der Waals surface area (Å²) in [5, 5.41) is 25.3. The molecule has 0 aliphatic heterocycles. The Labute approximate surface area is 205 Å². The molecular formula is C24H26F3N7O2. The summed E-state index contributed by atoms with van der Waals surface area (Å²) in [5.41, 5.74) is 0.0195. The van der Waals surface area contributed by atoms with Gasteiger partial charge in [0.25, 0.3) is 0 Å². The third-order valence-corrected chi connectivity index (χ3v) is 6.58. The number of amides is 1. The highest BCUT2D eigenvalue weighted by molar-refractivity contribution is 5.94. The van der Waals surface area contributed by atoms with Crippen LogP contribution in [-0.4, -0.2) is 49.1 Å². The first kappa shape index (κ1) is 25.4. The molecule has 0 bridgehead atoms. The molecule has 1 aliphatic carbocycles. The number of nitrogens with one attached hydrogen (secondary N) is 3. The maximum Gasteiger partial charge on any atom is 0.417 e. The number of aromatic amines is 1. The van der Waals surface area contributed by atoms with E-state index in [1.54, 1.807) is 0 Å². The minimum absolute atomic E-state index is 0.0189. The molecule has 1 fully saturated rings. The molecule has 36 heavy (non-hydrogen) atoms. The van der Waals surface area contributed by atoms with Gasteiger partial charge in [-0.1, -0.05) is 0 Å². The second-order valence-corrected chi connectivity index (χ2v) is 9.12. The summed E-state index contributed by atoms with van der Waals surface area (Å²) >= 11 is 0. The predicted octanol–water partition coefficient (Wildman–Crippen LogP) is 3.77. The maximum atomic E-state index is 13.2. The van der Waals surface area contributed by atoms with Gasteiger partial charge in [-0.05, 0) is 51.5 Å². The molecule has 0 radical (unpaired) electrons. The van der Waals surface area contributed by atoms with Crippen LogP contribution >= 0.6 is 0 Å². The first-order valence-corrected chi connectivity index (χ1v) is 11.6. The summed E-state index contributed by atoms with van der Waals surface area (Å²) in [7, 11) is 0. The summed E-state index contributed by atoms with van der Waals surface area (Å²) < 4.78 is 39.7. The molecule has 3 heterocycles. The van der Waals surface area contributed by atoms with E-state index in [1.165, 1.54) is 19.3 Å². The number of aliphatic hydroxyl groups excluding tert-OH is 1. The first-order chi connectivity index (χ1) is 17.1. The zero-order chi connectivity index (χ0) is 26.0. The Morgan fingerprint density at radius 1 is 1.22 bits per heavy atom. The van der Waals surface area contributed by atoms with Crippen molar-refractivity contribution in [1.82, 2.24) is 25.3 Å². The van der Waals surface area contributed by atoms with Crippen LogP contribution in [0.25, 0.3) is 22.3 Å². The van der Waals surface area contributed by atoms with Crippen molar-refractivity contribution in [3.05, 3.63) is 35.8 Å². The monoisotopic (exact) mass is 501 g/mol. The lowest BCUT2D eigenvalue weighted by atomic mass is 9.82. The molecule has 4 rings (SSSR count). The number of nitriles is 1. The Kier molecular flexibility index (Phi) is 7.12. The van der Waals surface area contributed by atoms with Crippen molar-refractivity contribution in [3.63, 3.8) is 0 Å². The smallest absolute Gasteiger partial charge is 0.384 e. The predicted molar refractivity (Wildman–Crippen MR) is 125 cm³/mol. The number of alkyl halides is 3. The number of halogens is 3. The van der Waals surface area contributed by atoms with Gasteiger partial charge in [0.05, 0.1) is 23.0 Å². The van der Waals surface area contributed by atoms with Crippen LogP contribution in [0.15, 0.2) is 24.7 Å². The fraction of sp³-hybridized carbons (Fsp3) is 0.458. The molecular weight excluding hydrogens is 475 g/mol. The fourth-order valence-corrected chi connectivity index (χ4v) is 4.50. The lowest BCUT2D eigenvalue weighted by Gasteiger charge is -2.33. The number of H-pyrrole nitrogens is 1. The van der Waals surface area contributed by atoms with Crippen LogP contribution in [0.1, 0.15) is 50.7 Å². The van der Waals surface area contributed by atoms with Gasteiger partial charge in [-0.3, -0.25) is 4.79 Å². The van der Waals surface area contributed by atoms with Gasteiger partial charge < -0.3 is 20.7 Å². The van der Waals surface area contributed by atoms with Crippen LogP contribution in [0.4, 0.5) is 19.1 Å². The van der Waals surface area contributed by atoms with E-state index in [2.05, 4.69) is 30.6 Å². The van der Waals surface area contributed by atoms with E-state index in [4.69, 9.17) is 0 Å². The number of hydrogen-bond acceptors (Lipinski definition) is 7. The van der Waals surface area contributed by atoms with Gasteiger partial charge in [0, 0.05) is 35.4 Å². The van der Waals surface area contributed by atoms with Crippen LogP contribution in [0.3, 0.4) is 0 Å². The van der Waals surface area contributed by atoms with Crippen molar-refractivity contribution in [2.45, 2.75) is 63.9 Å². The molecule has 3 aromatic heterocycles. The van der Waals surface area contributed by atoms with Gasteiger partial charge in [0.15, 0.2) is 0 Å². The Hall–Kier alpha value is -3.72. The average Bonchev–Trinajstić information content (AvgIpc) is 3.27. The SMILES string of the molecule is C[C@@H](O)C(=O)NC1CCC([C@@H](C)Nc2ncc(C#N)c(-c3c[nH]c4ncc(C(F)(F)F)cc34)n2)CC1. The molecule has 1 saturated carbocycles. The van der Waals surface area contributed by atoms with Crippen molar-refractivity contribution in [3.8, 4) is 17.3 Å². The van der Waals surface area contributed by atoms with Gasteiger partial charge in [0.2, 0.25) is 11.9 Å². The van der Waals surface area contributed by atoms with Gasteiger partial charge in [0.1, 0.15) is 17.8 Å². The molecule has 1 amide bonds. The number of hydrogen-bond donors (Lipinski definition) is 4. The van der Waals surface area contributed by atoms with Gasteiger partial charge >= 0.3 is 6.18 Å². The van der Waals surface area contributed by atoms with E-state index in [-0.39, 0.29) is 52.1 Å². The summed E-state index contributed by atoms with van der Waals surface area (Å²) in [6, 6.07) is 2.98. The molecule has 190 valence electrons. The zero-order valence-electron chi connectivity index (χ0n) is 19.7. The van der Waals surface area contributed by atoms with Crippen molar-refractivity contribution in [2.24, 2.45) is 5.92 Å². The van der Waals surface area contributed by atoms with Crippen molar-refractivity contribution in [1.29, 1.82) is 5.26 Å². The molecule has 0 spiro atoms. The second kappa shape index (κ2) is 10.1. The quantitative estimate of drug-likeness (QED) is 0.403. The van der Waals surface area contributed by atoms with E-state index in [0.29, 0.717) is 5.56 Å². The second-order valence-electron chi connectivity index (χ2n) is 9.12. The van der Waals surface area contributed by atoms with Crippen LogP contribution in [-0.2, 0) is 11.0 Å². The molecule has 4 N–H and O–H groups in total. The van der Waals surface area contributed by atoms with Crippen molar-refractivity contribution < 1.29 is 23.1 Å². The fourth-order valence-electron chi connectivity index (χ4n) is 4.50. The van der Waals surface area contributed by atoms with Crippen LogP contribution in [0.5, 0.6) is 0 Å². The number of rotatable bonds is 6.